The lowest BCUT2D eigenvalue weighted by Gasteiger charge is -2.17. The van der Waals surface area contributed by atoms with Crippen LogP contribution in [0.25, 0.3) is 0 Å². The summed E-state index contributed by atoms with van der Waals surface area (Å²) in [5.41, 5.74) is 3.01. The Labute approximate surface area is 104 Å². The number of hydrogen-bond acceptors (Lipinski definition) is 2. The molecular weight excluding hydrogens is 210 g/mol. The predicted molar refractivity (Wildman–Crippen MR) is 71.2 cm³/mol. The van der Waals surface area contributed by atoms with Crippen LogP contribution in [0, 0.1) is 0 Å². The summed E-state index contributed by atoms with van der Waals surface area (Å²) in [6, 6.07) is 9.29. The average Bonchev–Trinajstić information content (AvgIpc) is 3.19. The van der Waals surface area contributed by atoms with E-state index in [0.29, 0.717) is 6.04 Å². The molecule has 2 nitrogen and oxygen atoms in total. The van der Waals surface area contributed by atoms with Crippen molar-refractivity contribution in [2.45, 2.75) is 44.7 Å². The van der Waals surface area contributed by atoms with E-state index in [0.717, 1.165) is 25.5 Å². The molecule has 1 atom stereocenters. The van der Waals surface area contributed by atoms with Gasteiger partial charge in [-0.3, -0.25) is 0 Å². The molecule has 1 N–H and O–H groups in total. The average molecular weight is 233 g/mol. The van der Waals surface area contributed by atoms with Crippen LogP contribution in [0.1, 0.15) is 43.2 Å². The summed E-state index contributed by atoms with van der Waals surface area (Å²) in [5, 5.41) is 3.58. The lowest BCUT2D eigenvalue weighted by atomic mass is 10.0. The normalized spacial score (nSPS) is 17.1. The second-order valence-corrected chi connectivity index (χ2v) is 4.91. The van der Waals surface area contributed by atoms with Crippen molar-refractivity contribution in [1.82, 2.24) is 5.32 Å². The van der Waals surface area contributed by atoms with Crippen LogP contribution in [0.15, 0.2) is 24.3 Å². The summed E-state index contributed by atoms with van der Waals surface area (Å²) in [7, 11) is 1.77. The van der Waals surface area contributed by atoms with Gasteiger partial charge in [0.05, 0.1) is 6.61 Å². The molecule has 0 amide bonds. The van der Waals surface area contributed by atoms with E-state index in [1.165, 1.54) is 18.4 Å². The Hall–Kier alpha value is -0.860. The predicted octanol–water partition coefficient (Wildman–Crippen LogP) is 3.08. The molecule has 0 heterocycles. The van der Waals surface area contributed by atoms with Crippen LogP contribution in [0.2, 0.25) is 0 Å². The van der Waals surface area contributed by atoms with E-state index in [1.807, 2.05) is 0 Å². The Bertz CT molecular complexity index is 347. The van der Waals surface area contributed by atoms with Gasteiger partial charge >= 0.3 is 0 Å². The van der Waals surface area contributed by atoms with Crippen LogP contribution in [0.3, 0.4) is 0 Å². The smallest absolute Gasteiger partial charge is 0.0615 e. The Morgan fingerprint density at radius 1 is 1.35 bits per heavy atom. The van der Waals surface area contributed by atoms with Gasteiger partial charge in [-0.2, -0.15) is 0 Å². The van der Waals surface area contributed by atoms with Gasteiger partial charge in [0.15, 0.2) is 0 Å². The summed E-state index contributed by atoms with van der Waals surface area (Å²) < 4.78 is 5.21. The first-order valence-corrected chi connectivity index (χ1v) is 6.65. The summed E-state index contributed by atoms with van der Waals surface area (Å²) in [4.78, 5) is 0. The third-order valence-corrected chi connectivity index (χ3v) is 3.51. The molecule has 0 radical (unpaired) electrons. The fourth-order valence-corrected chi connectivity index (χ4v) is 2.26. The van der Waals surface area contributed by atoms with Gasteiger partial charge < -0.3 is 10.1 Å². The molecule has 0 spiro atoms. The van der Waals surface area contributed by atoms with E-state index in [4.69, 9.17) is 4.74 Å². The Morgan fingerprint density at radius 2 is 2.12 bits per heavy atom. The van der Waals surface area contributed by atoms with E-state index in [-0.39, 0.29) is 0 Å². The van der Waals surface area contributed by atoms with Crippen molar-refractivity contribution in [3.63, 3.8) is 0 Å². The van der Waals surface area contributed by atoms with Gasteiger partial charge in [-0.15, -0.1) is 0 Å². The fourth-order valence-electron chi connectivity index (χ4n) is 2.26. The van der Waals surface area contributed by atoms with Crippen molar-refractivity contribution >= 4 is 0 Å². The van der Waals surface area contributed by atoms with E-state index >= 15 is 0 Å². The summed E-state index contributed by atoms with van der Waals surface area (Å²) >= 11 is 0. The first kappa shape index (κ1) is 12.6. The van der Waals surface area contributed by atoms with E-state index in [2.05, 4.69) is 36.5 Å². The molecule has 1 aromatic carbocycles. The molecule has 1 aliphatic carbocycles. The van der Waals surface area contributed by atoms with E-state index in [1.54, 1.807) is 12.7 Å². The summed E-state index contributed by atoms with van der Waals surface area (Å²) in [5.74, 6) is 0.829. The fraction of sp³-hybridized carbons (Fsp3) is 0.600. The van der Waals surface area contributed by atoms with Gasteiger partial charge in [0.2, 0.25) is 0 Å². The van der Waals surface area contributed by atoms with Crippen molar-refractivity contribution in [2.24, 2.45) is 0 Å². The number of benzene rings is 1. The van der Waals surface area contributed by atoms with Crippen molar-refractivity contribution in [2.75, 3.05) is 13.7 Å². The quantitative estimate of drug-likeness (QED) is 0.781. The number of ether oxygens (including phenoxy) is 1. The van der Waals surface area contributed by atoms with E-state index in [9.17, 15) is 0 Å². The molecule has 0 saturated heterocycles. The van der Waals surface area contributed by atoms with Crippen LogP contribution in [-0.4, -0.2) is 19.8 Å². The maximum Gasteiger partial charge on any atom is 0.0615 e. The molecule has 2 rings (SSSR count). The monoisotopic (exact) mass is 233 g/mol. The van der Waals surface area contributed by atoms with Crippen molar-refractivity contribution < 1.29 is 4.74 Å². The largest absolute Gasteiger partial charge is 0.383 e. The zero-order valence-corrected chi connectivity index (χ0v) is 10.9. The Morgan fingerprint density at radius 3 is 2.76 bits per heavy atom. The molecule has 1 fully saturated rings. The second kappa shape index (κ2) is 6.18. The molecule has 1 aliphatic rings. The standard InChI is InChI=1S/C15H23NO/c1-3-14(11-17-2)16-10-13-6-4-5-7-15(13)12-8-9-12/h4-7,12,14,16H,3,8-11H2,1-2H3. The lowest BCUT2D eigenvalue weighted by Crippen LogP contribution is -2.32. The van der Waals surface area contributed by atoms with Gasteiger partial charge in [0.25, 0.3) is 0 Å². The number of hydrogen-bond donors (Lipinski definition) is 1. The highest BCUT2D eigenvalue weighted by atomic mass is 16.5. The first-order valence-electron chi connectivity index (χ1n) is 6.65. The number of methoxy groups -OCH3 is 1. The molecule has 17 heavy (non-hydrogen) atoms. The SMILES string of the molecule is CCC(COC)NCc1ccccc1C1CC1. The van der Waals surface area contributed by atoms with Crippen LogP contribution in [0.4, 0.5) is 0 Å². The van der Waals surface area contributed by atoms with Crippen molar-refractivity contribution in [1.29, 1.82) is 0 Å². The minimum atomic E-state index is 0.465. The van der Waals surface area contributed by atoms with Crippen molar-refractivity contribution in [3.05, 3.63) is 35.4 Å². The van der Waals surface area contributed by atoms with Gasteiger partial charge in [-0.1, -0.05) is 31.2 Å². The minimum absolute atomic E-state index is 0.465. The topological polar surface area (TPSA) is 21.3 Å². The number of rotatable bonds is 7. The molecule has 2 heteroatoms. The number of nitrogens with one attached hydrogen (secondary N) is 1. The molecule has 1 aromatic rings. The zero-order valence-electron chi connectivity index (χ0n) is 10.9. The van der Waals surface area contributed by atoms with Gasteiger partial charge in [0.1, 0.15) is 0 Å². The van der Waals surface area contributed by atoms with E-state index < -0.39 is 0 Å². The molecule has 1 unspecified atom stereocenters. The van der Waals surface area contributed by atoms with Crippen LogP contribution >= 0.6 is 0 Å². The Balaban J connectivity index is 1.93. The highest BCUT2D eigenvalue weighted by molar-refractivity contribution is 5.33. The highest BCUT2D eigenvalue weighted by Gasteiger charge is 2.25. The zero-order chi connectivity index (χ0) is 12.1. The van der Waals surface area contributed by atoms with Gasteiger partial charge in [0, 0.05) is 19.7 Å². The summed E-state index contributed by atoms with van der Waals surface area (Å²) in [6.45, 7) is 3.96. The molecular formula is C15H23NO. The maximum absolute atomic E-state index is 5.21. The van der Waals surface area contributed by atoms with Gasteiger partial charge in [-0.05, 0) is 36.3 Å². The van der Waals surface area contributed by atoms with Crippen molar-refractivity contribution in [3.8, 4) is 0 Å². The molecule has 94 valence electrons. The van der Waals surface area contributed by atoms with Crippen LogP contribution in [-0.2, 0) is 11.3 Å². The minimum Gasteiger partial charge on any atom is -0.383 e. The lowest BCUT2D eigenvalue weighted by molar-refractivity contribution is 0.164. The maximum atomic E-state index is 5.21. The third kappa shape index (κ3) is 3.55. The van der Waals surface area contributed by atoms with Crippen LogP contribution in [0.5, 0.6) is 0 Å². The molecule has 1 saturated carbocycles. The Kier molecular flexibility index (Phi) is 4.57. The van der Waals surface area contributed by atoms with Crippen LogP contribution < -0.4 is 5.32 Å². The molecule has 0 aliphatic heterocycles. The second-order valence-electron chi connectivity index (χ2n) is 4.91. The van der Waals surface area contributed by atoms with Gasteiger partial charge in [-0.25, -0.2) is 0 Å². The molecule has 0 bridgehead atoms. The third-order valence-electron chi connectivity index (χ3n) is 3.51. The highest BCUT2D eigenvalue weighted by Crippen LogP contribution is 2.41. The first-order chi connectivity index (χ1) is 8.35. The summed E-state index contributed by atoms with van der Waals surface area (Å²) in [6.07, 6.45) is 3.85. The molecule has 0 aromatic heterocycles.